The Kier molecular flexibility index (Phi) is 8.83. The van der Waals surface area contributed by atoms with Crippen molar-refractivity contribution < 1.29 is 23.9 Å². The van der Waals surface area contributed by atoms with Crippen LogP contribution < -0.4 is 19.7 Å². The van der Waals surface area contributed by atoms with E-state index >= 15 is 0 Å². The van der Waals surface area contributed by atoms with Gasteiger partial charge in [0.05, 0.1) is 5.69 Å². The Bertz CT molecular complexity index is 1700. The van der Waals surface area contributed by atoms with Crippen LogP contribution in [-0.2, 0) is 22.8 Å². The highest BCUT2D eigenvalue weighted by molar-refractivity contribution is 6.39. The van der Waals surface area contributed by atoms with E-state index in [1.807, 2.05) is 31.2 Å². The van der Waals surface area contributed by atoms with Gasteiger partial charge in [-0.05, 0) is 73.2 Å². The summed E-state index contributed by atoms with van der Waals surface area (Å²) >= 11 is 18.4. The van der Waals surface area contributed by atoms with E-state index in [1.54, 1.807) is 60.7 Å². The molecule has 7 nitrogen and oxygen atoms in total. The molecular formula is C32H23Cl3N2O5. The summed E-state index contributed by atoms with van der Waals surface area (Å²) in [6.07, 6.45) is 1.36. The number of aryl methyl sites for hydroxylation is 1. The van der Waals surface area contributed by atoms with Crippen molar-refractivity contribution in [3.63, 3.8) is 0 Å². The quantitative estimate of drug-likeness (QED) is 0.160. The minimum absolute atomic E-state index is 0.188. The van der Waals surface area contributed by atoms with Gasteiger partial charge in [0, 0.05) is 26.2 Å². The molecule has 4 aromatic carbocycles. The number of benzene rings is 4. The molecule has 1 heterocycles. The number of nitrogens with zero attached hydrogens (tertiary/aromatic N) is 1. The lowest BCUT2D eigenvalue weighted by molar-refractivity contribution is -0.122. The third-order valence-electron chi connectivity index (χ3n) is 6.39. The fourth-order valence-electron chi connectivity index (χ4n) is 4.15. The van der Waals surface area contributed by atoms with E-state index in [1.165, 1.54) is 6.08 Å². The van der Waals surface area contributed by atoms with Crippen LogP contribution in [-0.4, -0.2) is 17.8 Å². The van der Waals surface area contributed by atoms with Gasteiger partial charge in [-0.15, -0.1) is 0 Å². The Morgan fingerprint density at radius 2 is 1.48 bits per heavy atom. The molecule has 1 aliphatic heterocycles. The maximum Gasteiger partial charge on any atom is 0.335 e. The molecule has 0 bridgehead atoms. The molecule has 10 heteroatoms. The first-order valence-electron chi connectivity index (χ1n) is 12.7. The number of anilines is 1. The molecule has 5 rings (SSSR count). The predicted octanol–water partition coefficient (Wildman–Crippen LogP) is 7.78. The number of carbonyl (C=O) groups is 3. The molecule has 4 aromatic rings. The van der Waals surface area contributed by atoms with Crippen molar-refractivity contribution in [1.82, 2.24) is 5.32 Å². The van der Waals surface area contributed by atoms with Crippen LogP contribution in [0.5, 0.6) is 11.5 Å². The number of hydrogen-bond acceptors (Lipinski definition) is 5. The molecule has 4 amide bonds. The van der Waals surface area contributed by atoms with E-state index in [4.69, 9.17) is 44.3 Å². The van der Waals surface area contributed by atoms with Crippen LogP contribution in [0.2, 0.25) is 15.1 Å². The SMILES string of the molecule is Cc1ccc(COc2ccc(Cl)cc2/C=C2\C(=O)NC(=O)N(c3ccc(OCc4ccc(Cl)cc4Cl)cc3)C2=O)cc1. The summed E-state index contributed by atoms with van der Waals surface area (Å²) in [4.78, 5) is 39.8. The van der Waals surface area contributed by atoms with Crippen LogP contribution in [0.4, 0.5) is 10.5 Å². The monoisotopic (exact) mass is 620 g/mol. The molecule has 0 saturated carbocycles. The zero-order valence-electron chi connectivity index (χ0n) is 22.2. The van der Waals surface area contributed by atoms with Gasteiger partial charge in [0.2, 0.25) is 0 Å². The number of ether oxygens (including phenoxy) is 2. The number of hydrogen-bond donors (Lipinski definition) is 1. The molecule has 42 heavy (non-hydrogen) atoms. The summed E-state index contributed by atoms with van der Waals surface area (Å²) in [5.41, 5.74) is 3.21. The van der Waals surface area contributed by atoms with Crippen molar-refractivity contribution in [2.24, 2.45) is 0 Å². The van der Waals surface area contributed by atoms with Crippen LogP contribution in [0.25, 0.3) is 6.08 Å². The Morgan fingerprint density at radius 3 is 2.19 bits per heavy atom. The standard InChI is InChI=1S/C32H23Cl3N2O5/c1-19-2-4-20(5-3-19)17-42-29-13-8-23(33)14-22(29)15-27-30(38)36-32(40)37(31(27)39)25-9-11-26(12-10-25)41-18-21-6-7-24(34)16-28(21)35/h2-16H,17-18H2,1H3,(H,36,38,40)/b27-15+. The van der Waals surface area contributed by atoms with Crippen LogP contribution >= 0.6 is 34.8 Å². The van der Waals surface area contributed by atoms with Crippen LogP contribution in [0, 0.1) is 6.92 Å². The summed E-state index contributed by atoms with van der Waals surface area (Å²) in [5, 5.41) is 3.61. The molecule has 0 radical (unpaired) electrons. The highest BCUT2D eigenvalue weighted by Crippen LogP contribution is 2.30. The van der Waals surface area contributed by atoms with Crippen molar-refractivity contribution in [1.29, 1.82) is 0 Å². The maximum atomic E-state index is 13.5. The molecular weight excluding hydrogens is 599 g/mol. The van der Waals surface area contributed by atoms with Crippen molar-refractivity contribution in [2.45, 2.75) is 20.1 Å². The molecule has 0 aromatic heterocycles. The van der Waals surface area contributed by atoms with E-state index < -0.39 is 17.8 Å². The fourth-order valence-corrected chi connectivity index (χ4v) is 4.79. The molecule has 1 aliphatic rings. The number of barbiturate groups is 1. The van der Waals surface area contributed by atoms with Crippen LogP contribution in [0.15, 0.2) is 90.5 Å². The molecule has 1 N–H and O–H groups in total. The van der Waals surface area contributed by atoms with Gasteiger partial charge in [0.25, 0.3) is 11.8 Å². The molecule has 0 aliphatic carbocycles. The lowest BCUT2D eigenvalue weighted by Crippen LogP contribution is -2.54. The largest absolute Gasteiger partial charge is 0.489 e. The second kappa shape index (κ2) is 12.7. The minimum atomic E-state index is -0.870. The topological polar surface area (TPSA) is 84.9 Å². The van der Waals surface area contributed by atoms with Gasteiger partial charge >= 0.3 is 6.03 Å². The number of urea groups is 1. The minimum Gasteiger partial charge on any atom is -0.489 e. The average Bonchev–Trinajstić information content (AvgIpc) is 2.96. The molecule has 1 saturated heterocycles. The van der Waals surface area contributed by atoms with Gasteiger partial charge < -0.3 is 9.47 Å². The predicted molar refractivity (Wildman–Crippen MR) is 163 cm³/mol. The van der Waals surface area contributed by atoms with E-state index in [-0.39, 0.29) is 24.5 Å². The zero-order valence-corrected chi connectivity index (χ0v) is 24.5. The molecule has 0 spiro atoms. The third-order valence-corrected chi connectivity index (χ3v) is 7.21. The summed E-state index contributed by atoms with van der Waals surface area (Å²) in [6.45, 7) is 2.45. The first kappa shape index (κ1) is 29.2. The summed E-state index contributed by atoms with van der Waals surface area (Å²) in [6, 6.07) is 23.3. The number of carbonyl (C=O) groups excluding carboxylic acids is 3. The molecule has 212 valence electrons. The first-order valence-corrected chi connectivity index (χ1v) is 13.9. The van der Waals surface area contributed by atoms with Gasteiger partial charge in [0.15, 0.2) is 0 Å². The molecule has 0 unspecified atom stereocenters. The lowest BCUT2D eigenvalue weighted by atomic mass is 10.1. The highest BCUT2D eigenvalue weighted by atomic mass is 35.5. The second-order valence-corrected chi connectivity index (χ2v) is 10.7. The third kappa shape index (κ3) is 6.77. The van der Waals surface area contributed by atoms with Crippen molar-refractivity contribution in [2.75, 3.05) is 4.90 Å². The Morgan fingerprint density at radius 1 is 0.786 bits per heavy atom. The van der Waals surface area contributed by atoms with Gasteiger partial charge in [-0.1, -0.05) is 70.7 Å². The van der Waals surface area contributed by atoms with Crippen molar-refractivity contribution >= 4 is 64.4 Å². The Hall–Kier alpha value is -4.30. The Labute approximate surface area is 257 Å². The number of rotatable bonds is 8. The number of halogens is 3. The van der Waals surface area contributed by atoms with E-state index in [0.717, 1.165) is 21.6 Å². The van der Waals surface area contributed by atoms with E-state index in [2.05, 4.69) is 5.32 Å². The van der Waals surface area contributed by atoms with Gasteiger partial charge in [-0.2, -0.15) is 0 Å². The zero-order chi connectivity index (χ0) is 29.8. The lowest BCUT2D eigenvalue weighted by Gasteiger charge is -2.26. The summed E-state index contributed by atoms with van der Waals surface area (Å²) in [7, 11) is 0. The highest BCUT2D eigenvalue weighted by Gasteiger charge is 2.37. The Balaban J connectivity index is 1.35. The second-order valence-electron chi connectivity index (χ2n) is 9.43. The van der Waals surface area contributed by atoms with Crippen molar-refractivity contribution in [3.05, 3.63) is 128 Å². The molecule has 1 fully saturated rings. The van der Waals surface area contributed by atoms with Crippen molar-refractivity contribution in [3.8, 4) is 11.5 Å². The summed E-state index contributed by atoms with van der Waals surface area (Å²) < 4.78 is 11.8. The smallest absolute Gasteiger partial charge is 0.335 e. The van der Waals surface area contributed by atoms with Crippen LogP contribution in [0.3, 0.4) is 0 Å². The number of amides is 4. The summed E-state index contributed by atoms with van der Waals surface area (Å²) in [5.74, 6) is -0.727. The van der Waals surface area contributed by atoms with E-state index in [9.17, 15) is 14.4 Å². The van der Waals surface area contributed by atoms with Crippen LogP contribution in [0.1, 0.15) is 22.3 Å². The first-order chi connectivity index (χ1) is 20.2. The van der Waals surface area contributed by atoms with Gasteiger partial charge in [-0.25, -0.2) is 9.69 Å². The number of nitrogens with one attached hydrogen (secondary N) is 1. The van der Waals surface area contributed by atoms with Gasteiger partial charge in [0.1, 0.15) is 30.3 Å². The van der Waals surface area contributed by atoms with Gasteiger partial charge in [-0.3, -0.25) is 14.9 Å². The number of imide groups is 2. The maximum absolute atomic E-state index is 13.5. The average molecular weight is 622 g/mol. The normalized spacial score (nSPS) is 14.2. The van der Waals surface area contributed by atoms with E-state index in [0.29, 0.717) is 32.1 Å². The fraction of sp³-hybridized carbons (Fsp3) is 0.0938. The molecule has 0 atom stereocenters.